The molecule has 1 amide bonds. The van der Waals surface area contributed by atoms with Crippen LogP contribution >= 0.6 is 0 Å². The Labute approximate surface area is 193 Å². The van der Waals surface area contributed by atoms with Crippen molar-refractivity contribution in [2.24, 2.45) is 0 Å². The van der Waals surface area contributed by atoms with E-state index >= 15 is 0 Å². The van der Waals surface area contributed by atoms with E-state index in [0.29, 0.717) is 49.3 Å². The van der Waals surface area contributed by atoms with Gasteiger partial charge in [0.2, 0.25) is 5.91 Å². The second kappa shape index (κ2) is 10.5. The van der Waals surface area contributed by atoms with Gasteiger partial charge in [0.05, 0.1) is 42.0 Å². The smallest absolute Gasteiger partial charge is 0.234 e. The lowest BCUT2D eigenvalue weighted by Crippen LogP contribution is -2.60. The zero-order valence-corrected chi connectivity index (χ0v) is 18.3. The first-order chi connectivity index (χ1) is 16.0. The summed E-state index contributed by atoms with van der Waals surface area (Å²) in [6.07, 6.45) is 0.627. The second-order valence-corrected chi connectivity index (χ2v) is 8.59. The number of fused-ring (bicyclic) bond motifs is 2. The minimum Gasteiger partial charge on any atom is -0.370 e. The summed E-state index contributed by atoms with van der Waals surface area (Å²) in [5, 5.41) is 20.7. The van der Waals surface area contributed by atoms with E-state index < -0.39 is 0 Å². The topological polar surface area (TPSA) is 92.4 Å². The predicted molar refractivity (Wildman–Crippen MR) is 119 cm³/mol. The number of ether oxygens (including phenoxy) is 1. The number of nitriles is 2. The Hall–Kier alpha value is -3.30. The predicted octanol–water partition coefficient (Wildman–Crippen LogP) is 1.81. The number of nitrogens with zero attached hydrogens (tertiary/aromatic N) is 4. The molecule has 1 N–H and O–H groups in total. The van der Waals surface area contributed by atoms with E-state index in [1.165, 1.54) is 6.07 Å². The maximum atomic E-state index is 14.1. The zero-order valence-electron chi connectivity index (χ0n) is 18.3. The standard InChI is InChI=1S/C25H26FN5O2/c26-24-9-20(11-28)5-6-21(24)7-8-30-13-22-15-31(16-23(14-30)33-22)17-25(32)29-12-19-3-1-18(10-27)2-4-19/h1-6,9,22-23H,7-8,12-17H2,(H,29,32). The fourth-order valence-electron chi connectivity index (χ4n) is 4.43. The molecule has 33 heavy (non-hydrogen) atoms. The van der Waals surface area contributed by atoms with Crippen LogP contribution in [0.25, 0.3) is 0 Å². The summed E-state index contributed by atoms with van der Waals surface area (Å²) >= 11 is 0. The summed E-state index contributed by atoms with van der Waals surface area (Å²) in [7, 11) is 0. The maximum Gasteiger partial charge on any atom is 0.234 e. The molecule has 2 aromatic rings. The Morgan fingerprint density at radius 2 is 1.64 bits per heavy atom. The molecule has 0 aromatic heterocycles. The zero-order chi connectivity index (χ0) is 23.2. The van der Waals surface area contributed by atoms with Gasteiger partial charge >= 0.3 is 0 Å². The van der Waals surface area contributed by atoms with Gasteiger partial charge in [0.25, 0.3) is 0 Å². The van der Waals surface area contributed by atoms with E-state index in [0.717, 1.165) is 25.2 Å². The van der Waals surface area contributed by atoms with E-state index in [4.69, 9.17) is 15.3 Å². The number of hydrogen-bond acceptors (Lipinski definition) is 6. The third-order valence-corrected chi connectivity index (χ3v) is 6.05. The summed E-state index contributed by atoms with van der Waals surface area (Å²) in [6.45, 7) is 4.34. The number of benzene rings is 2. The third kappa shape index (κ3) is 6.15. The van der Waals surface area contributed by atoms with Gasteiger partial charge in [-0.25, -0.2) is 4.39 Å². The lowest BCUT2D eigenvalue weighted by atomic mass is 10.1. The molecule has 0 aliphatic carbocycles. The van der Waals surface area contributed by atoms with E-state index in [1.54, 1.807) is 24.3 Å². The quantitative estimate of drug-likeness (QED) is 0.696. The van der Waals surface area contributed by atoms with Gasteiger partial charge in [-0.05, 0) is 41.8 Å². The molecule has 4 rings (SSSR count). The van der Waals surface area contributed by atoms with Gasteiger partial charge in [0.15, 0.2) is 0 Å². The number of morpholine rings is 2. The molecule has 2 aliphatic heterocycles. The first-order valence-corrected chi connectivity index (χ1v) is 11.1. The number of amides is 1. The number of carbonyl (C=O) groups is 1. The Kier molecular flexibility index (Phi) is 7.31. The number of nitrogens with one attached hydrogen (secondary N) is 1. The number of rotatable bonds is 7. The van der Waals surface area contributed by atoms with Crippen molar-refractivity contribution in [1.82, 2.24) is 15.1 Å². The first-order valence-electron chi connectivity index (χ1n) is 11.1. The lowest BCUT2D eigenvalue weighted by Gasteiger charge is -2.45. The highest BCUT2D eigenvalue weighted by molar-refractivity contribution is 5.78. The van der Waals surface area contributed by atoms with Gasteiger partial charge in [-0.1, -0.05) is 18.2 Å². The molecule has 0 radical (unpaired) electrons. The Bertz CT molecular complexity index is 1060. The van der Waals surface area contributed by atoms with Gasteiger partial charge in [-0.3, -0.25) is 14.6 Å². The monoisotopic (exact) mass is 447 g/mol. The molecule has 170 valence electrons. The lowest BCUT2D eigenvalue weighted by molar-refractivity contribution is -0.144. The summed E-state index contributed by atoms with van der Waals surface area (Å²) in [4.78, 5) is 16.8. The highest BCUT2D eigenvalue weighted by Gasteiger charge is 2.35. The molecule has 2 heterocycles. The first kappa shape index (κ1) is 22.9. The summed E-state index contributed by atoms with van der Waals surface area (Å²) in [6, 6.07) is 15.8. The minimum atomic E-state index is -0.333. The third-order valence-electron chi connectivity index (χ3n) is 6.05. The average molecular weight is 448 g/mol. The molecule has 2 unspecified atom stereocenters. The molecule has 0 spiro atoms. The number of carbonyl (C=O) groups excluding carboxylic acids is 1. The Morgan fingerprint density at radius 3 is 2.27 bits per heavy atom. The molecule has 8 heteroatoms. The minimum absolute atomic E-state index is 0.0228. The molecule has 7 nitrogen and oxygen atoms in total. The van der Waals surface area contributed by atoms with Crippen LogP contribution in [0, 0.1) is 28.5 Å². The van der Waals surface area contributed by atoms with Crippen LogP contribution in [-0.4, -0.2) is 67.2 Å². The summed E-state index contributed by atoms with van der Waals surface area (Å²) < 4.78 is 20.2. The molecule has 2 atom stereocenters. The van der Waals surface area contributed by atoms with Crippen molar-refractivity contribution in [1.29, 1.82) is 10.5 Å². The van der Waals surface area contributed by atoms with E-state index in [2.05, 4.69) is 21.2 Å². The van der Waals surface area contributed by atoms with Crippen molar-refractivity contribution in [2.45, 2.75) is 25.2 Å². The molecule has 2 fully saturated rings. The van der Waals surface area contributed by atoms with Crippen LogP contribution in [0.4, 0.5) is 4.39 Å². The summed E-state index contributed by atoms with van der Waals surface area (Å²) in [5.74, 6) is -0.367. The van der Waals surface area contributed by atoms with Gasteiger partial charge in [0, 0.05) is 39.3 Å². The van der Waals surface area contributed by atoms with Crippen LogP contribution in [0.15, 0.2) is 42.5 Å². The maximum absolute atomic E-state index is 14.1. The fraction of sp³-hybridized carbons (Fsp3) is 0.400. The van der Waals surface area contributed by atoms with Crippen LogP contribution in [0.3, 0.4) is 0 Å². The van der Waals surface area contributed by atoms with Crippen molar-refractivity contribution in [3.63, 3.8) is 0 Å². The van der Waals surface area contributed by atoms with Crippen LogP contribution < -0.4 is 5.32 Å². The van der Waals surface area contributed by atoms with E-state index in [9.17, 15) is 9.18 Å². The molecule has 2 aliphatic rings. The van der Waals surface area contributed by atoms with Crippen molar-refractivity contribution >= 4 is 5.91 Å². The van der Waals surface area contributed by atoms with Crippen molar-refractivity contribution < 1.29 is 13.9 Å². The van der Waals surface area contributed by atoms with Crippen LogP contribution in [0.1, 0.15) is 22.3 Å². The number of halogens is 1. The van der Waals surface area contributed by atoms with Gasteiger partial charge in [-0.15, -0.1) is 0 Å². The number of hydrogen-bond donors (Lipinski definition) is 1. The Balaban J connectivity index is 1.21. The Morgan fingerprint density at radius 1 is 1.00 bits per heavy atom. The molecule has 2 saturated heterocycles. The molecular weight excluding hydrogens is 421 g/mol. The van der Waals surface area contributed by atoms with Crippen molar-refractivity contribution in [3.8, 4) is 12.1 Å². The highest BCUT2D eigenvalue weighted by atomic mass is 19.1. The largest absolute Gasteiger partial charge is 0.370 e. The van der Waals surface area contributed by atoms with Crippen molar-refractivity contribution in [3.05, 3.63) is 70.5 Å². The summed E-state index contributed by atoms with van der Waals surface area (Å²) in [5.41, 5.74) is 2.50. The van der Waals surface area contributed by atoms with Gasteiger partial charge in [-0.2, -0.15) is 10.5 Å². The fourth-order valence-corrected chi connectivity index (χ4v) is 4.43. The molecule has 2 bridgehead atoms. The van der Waals surface area contributed by atoms with Crippen LogP contribution in [0.5, 0.6) is 0 Å². The average Bonchev–Trinajstić information content (AvgIpc) is 2.81. The van der Waals surface area contributed by atoms with Crippen LogP contribution in [0.2, 0.25) is 0 Å². The highest BCUT2D eigenvalue weighted by Crippen LogP contribution is 2.20. The molecular formula is C25H26FN5O2. The van der Waals surface area contributed by atoms with Gasteiger partial charge < -0.3 is 10.1 Å². The van der Waals surface area contributed by atoms with Crippen LogP contribution in [-0.2, 0) is 22.5 Å². The molecule has 0 saturated carbocycles. The van der Waals surface area contributed by atoms with Gasteiger partial charge in [0.1, 0.15) is 5.82 Å². The molecule has 2 aromatic carbocycles. The second-order valence-electron chi connectivity index (χ2n) is 8.59. The SMILES string of the molecule is N#Cc1ccc(CNC(=O)CN2CC3CN(CCc4ccc(C#N)cc4F)CC(C2)O3)cc1. The van der Waals surface area contributed by atoms with E-state index in [1.807, 2.05) is 18.2 Å². The van der Waals surface area contributed by atoms with E-state index in [-0.39, 0.29) is 23.9 Å². The van der Waals surface area contributed by atoms with Crippen molar-refractivity contribution in [2.75, 3.05) is 39.3 Å². The normalized spacial score (nSPS) is 20.6.